The van der Waals surface area contributed by atoms with Crippen LogP contribution in [0.3, 0.4) is 0 Å². The fourth-order valence-electron chi connectivity index (χ4n) is 3.11. The third-order valence-corrected chi connectivity index (χ3v) is 4.96. The smallest absolute Gasteiger partial charge is 0.271 e. The van der Waals surface area contributed by atoms with Gasteiger partial charge in [0.05, 0.1) is 27.3 Å². The Balaban J connectivity index is 2.11. The Labute approximate surface area is 172 Å². The molecule has 0 amide bonds. The van der Waals surface area contributed by atoms with E-state index < -0.39 is 4.92 Å². The number of halogens is 2. The second-order valence-corrected chi connectivity index (χ2v) is 7.08. The number of benzene rings is 2. The van der Waals surface area contributed by atoms with Crippen molar-refractivity contribution in [2.45, 2.75) is 13.8 Å². The second kappa shape index (κ2) is 7.89. The summed E-state index contributed by atoms with van der Waals surface area (Å²) in [6.45, 7) is 3.81. The van der Waals surface area contributed by atoms with Gasteiger partial charge in [-0.25, -0.2) is 0 Å². The van der Waals surface area contributed by atoms with Crippen LogP contribution in [-0.4, -0.2) is 9.49 Å². The summed E-state index contributed by atoms with van der Waals surface area (Å²) in [5.74, 6) is 0. The van der Waals surface area contributed by atoms with E-state index in [9.17, 15) is 15.4 Å². The number of nitro benzene ring substituents is 1. The van der Waals surface area contributed by atoms with Crippen LogP contribution in [0.1, 0.15) is 22.5 Å². The molecule has 0 aliphatic rings. The van der Waals surface area contributed by atoms with Crippen LogP contribution in [0.5, 0.6) is 0 Å². The molecule has 0 aliphatic heterocycles. The number of nitriles is 1. The molecule has 0 unspecified atom stereocenters. The number of non-ortho nitro benzene ring substituents is 1. The molecular weight excluding hydrogens is 397 g/mol. The molecule has 0 bridgehead atoms. The van der Waals surface area contributed by atoms with Crippen LogP contribution >= 0.6 is 23.2 Å². The summed E-state index contributed by atoms with van der Waals surface area (Å²) < 4.78 is 1.91. The first-order valence-corrected chi connectivity index (χ1v) is 9.08. The number of nitro groups is 1. The summed E-state index contributed by atoms with van der Waals surface area (Å²) >= 11 is 12.2. The van der Waals surface area contributed by atoms with Crippen molar-refractivity contribution in [2.75, 3.05) is 0 Å². The van der Waals surface area contributed by atoms with E-state index in [2.05, 4.69) is 6.07 Å². The van der Waals surface area contributed by atoms with Crippen LogP contribution in [0, 0.1) is 35.3 Å². The molecule has 0 saturated carbocycles. The highest BCUT2D eigenvalue weighted by atomic mass is 35.5. The summed E-state index contributed by atoms with van der Waals surface area (Å²) in [6, 6.07) is 15.5. The van der Waals surface area contributed by atoms with Crippen LogP contribution < -0.4 is 0 Å². The zero-order valence-electron chi connectivity index (χ0n) is 15.1. The van der Waals surface area contributed by atoms with E-state index in [0.717, 1.165) is 17.0 Å². The maximum Gasteiger partial charge on any atom is 0.271 e. The lowest BCUT2D eigenvalue weighted by atomic mass is 10.0. The minimum atomic E-state index is -0.422. The van der Waals surface area contributed by atoms with Gasteiger partial charge in [-0.3, -0.25) is 10.1 Å². The molecule has 1 aromatic heterocycles. The fourth-order valence-corrected chi connectivity index (χ4v) is 3.62. The Bertz CT molecular complexity index is 1160. The van der Waals surface area contributed by atoms with Crippen LogP contribution in [0.4, 0.5) is 5.69 Å². The normalized spacial score (nSPS) is 11.3. The molecule has 0 radical (unpaired) electrons. The SMILES string of the molecule is Cc1cc(/C=C(/C#N)c2ccc(Cl)cc2Cl)c(C)n1-c1cccc([N+](=O)[O-])c1. The molecule has 7 heteroatoms. The molecule has 5 nitrogen and oxygen atoms in total. The number of aromatic nitrogens is 1. The average Bonchev–Trinajstić information content (AvgIpc) is 2.93. The third-order valence-electron chi connectivity index (χ3n) is 4.41. The van der Waals surface area contributed by atoms with Crippen molar-refractivity contribution in [1.82, 2.24) is 4.57 Å². The van der Waals surface area contributed by atoms with Gasteiger partial charge in [-0.2, -0.15) is 5.26 Å². The molecule has 0 atom stereocenters. The van der Waals surface area contributed by atoms with Crippen LogP contribution in [0.15, 0.2) is 48.5 Å². The molecule has 140 valence electrons. The summed E-state index contributed by atoms with van der Waals surface area (Å²) in [7, 11) is 0. The maximum atomic E-state index is 11.1. The van der Waals surface area contributed by atoms with Crippen molar-refractivity contribution in [3.63, 3.8) is 0 Å². The van der Waals surface area contributed by atoms with Gasteiger partial charge >= 0.3 is 0 Å². The molecule has 28 heavy (non-hydrogen) atoms. The number of hydrogen-bond acceptors (Lipinski definition) is 3. The molecule has 0 N–H and O–H groups in total. The van der Waals surface area contributed by atoms with E-state index in [-0.39, 0.29) is 5.69 Å². The lowest BCUT2D eigenvalue weighted by molar-refractivity contribution is -0.384. The molecule has 0 saturated heterocycles. The molecule has 0 aliphatic carbocycles. The average molecular weight is 412 g/mol. The standard InChI is InChI=1S/C21H15Cl2N3O2/c1-13-8-15(9-16(12-24)20-7-6-17(22)10-21(20)23)14(2)25(13)18-4-3-5-19(11-18)26(27)28/h3-11H,1-2H3/b16-9-. The fraction of sp³-hybridized carbons (Fsp3) is 0.0952. The monoisotopic (exact) mass is 411 g/mol. The lowest BCUT2D eigenvalue weighted by Crippen LogP contribution is -2.00. The first-order valence-electron chi connectivity index (χ1n) is 8.33. The van der Waals surface area contributed by atoms with Gasteiger partial charge in [-0.1, -0.05) is 35.3 Å². The second-order valence-electron chi connectivity index (χ2n) is 6.23. The van der Waals surface area contributed by atoms with Crippen molar-refractivity contribution in [3.8, 4) is 11.8 Å². The lowest BCUT2D eigenvalue weighted by Gasteiger charge is -2.09. The minimum absolute atomic E-state index is 0.0211. The van der Waals surface area contributed by atoms with Gasteiger partial charge in [-0.15, -0.1) is 0 Å². The largest absolute Gasteiger partial charge is 0.318 e. The van der Waals surface area contributed by atoms with Gasteiger partial charge in [-0.05, 0) is 49.8 Å². The number of allylic oxidation sites excluding steroid dienone is 1. The van der Waals surface area contributed by atoms with Gasteiger partial charge in [0.25, 0.3) is 5.69 Å². The molecule has 2 aromatic carbocycles. The summed E-state index contributed by atoms with van der Waals surface area (Å²) in [6.07, 6.45) is 1.76. The topological polar surface area (TPSA) is 71.9 Å². The van der Waals surface area contributed by atoms with Crippen molar-refractivity contribution in [3.05, 3.63) is 91.2 Å². The highest BCUT2D eigenvalue weighted by molar-refractivity contribution is 6.36. The highest BCUT2D eigenvalue weighted by Crippen LogP contribution is 2.30. The van der Waals surface area contributed by atoms with Gasteiger partial charge in [0.2, 0.25) is 0 Å². The molecule has 1 heterocycles. The number of nitrogens with zero attached hydrogens (tertiary/aromatic N) is 3. The Morgan fingerprint density at radius 2 is 1.93 bits per heavy atom. The van der Waals surface area contributed by atoms with Gasteiger partial charge < -0.3 is 4.57 Å². The summed E-state index contributed by atoms with van der Waals surface area (Å²) in [5, 5.41) is 21.6. The van der Waals surface area contributed by atoms with Gasteiger partial charge in [0, 0.05) is 34.1 Å². The van der Waals surface area contributed by atoms with E-state index in [1.54, 1.807) is 30.3 Å². The van der Waals surface area contributed by atoms with E-state index in [1.807, 2.05) is 30.5 Å². The zero-order valence-corrected chi connectivity index (χ0v) is 16.6. The first-order chi connectivity index (χ1) is 13.3. The maximum absolute atomic E-state index is 11.1. The molecule has 0 spiro atoms. The van der Waals surface area contributed by atoms with E-state index >= 15 is 0 Å². The van der Waals surface area contributed by atoms with Crippen molar-refractivity contribution in [1.29, 1.82) is 5.26 Å². The number of rotatable bonds is 4. The molecule has 0 fully saturated rings. The number of aryl methyl sites for hydroxylation is 1. The number of hydrogen-bond donors (Lipinski definition) is 0. The van der Waals surface area contributed by atoms with Crippen LogP contribution in [0.25, 0.3) is 17.3 Å². The van der Waals surface area contributed by atoms with Gasteiger partial charge in [0.1, 0.15) is 0 Å². The molecule has 3 rings (SSSR count). The summed E-state index contributed by atoms with van der Waals surface area (Å²) in [5.41, 5.74) is 4.28. The highest BCUT2D eigenvalue weighted by Gasteiger charge is 2.14. The predicted octanol–water partition coefficient (Wildman–Crippen LogP) is 6.37. The first kappa shape index (κ1) is 19.7. The van der Waals surface area contributed by atoms with Crippen LogP contribution in [-0.2, 0) is 0 Å². The van der Waals surface area contributed by atoms with E-state index in [0.29, 0.717) is 26.9 Å². The third kappa shape index (κ3) is 3.79. The predicted molar refractivity (Wildman–Crippen MR) is 112 cm³/mol. The Morgan fingerprint density at radius 1 is 1.18 bits per heavy atom. The Kier molecular flexibility index (Phi) is 5.55. The minimum Gasteiger partial charge on any atom is -0.318 e. The molecule has 3 aromatic rings. The van der Waals surface area contributed by atoms with E-state index in [1.165, 1.54) is 12.1 Å². The van der Waals surface area contributed by atoms with Crippen molar-refractivity contribution in [2.24, 2.45) is 0 Å². The summed E-state index contributed by atoms with van der Waals surface area (Å²) in [4.78, 5) is 10.7. The van der Waals surface area contributed by atoms with E-state index in [4.69, 9.17) is 23.2 Å². The van der Waals surface area contributed by atoms with Gasteiger partial charge in [0.15, 0.2) is 0 Å². The zero-order chi connectivity index (χ0) is 20.4. The quantitative estimate of drug-likeness (QED) is 0.284. The van der Waals surface area contributed by atoms with Crippen molar-refractivity contribution >= 4 is 40.5 Å². The van der Waals surface area contributed by atoms with Crippen molar-refractivity contribution < 1.29 is 4.92 Å². The van der Waals surface area contributed by atoms with Crippen LogP contribution in [0.2, 0.25) is 10.0 Å². The molecular formula is C21H15Cl2N3O2. The Morgan fingerprint density at radius 3 is 2.57 bits per heavy atom. The Hall–Kier alpha value is -3.07.